The highest BCUT2D eigenvalue weighted by molar-refractivity contribution is 5.97. The van der Waals surface area contributed by atoms with E-state index >= 15 is 0 Å². The van der Waals surface area contributed by atoms with Crippen molar-refractivity contribution in [2.45, 2.75) is 45.6 Å². The van der Waals surface area contributed by atoms with Crippen molar-refractivity contribution in [3.8, 4) is 0 Å². The first-order chi connectivity index (χ1) is 8.29. The van der Waals surface area contributed by atoms with Gasteiger partial charge >= 0.3 is 0 Å². The molecule has 0 aromatic carbocycles. The molecule has 0 atom stereocenters. The first-order valence-corrected chi connectivity index (χ1v) is 6.21. The van der Waals surface area contributed by atoms with Crippen LogP contribution in [0, 0.1) is 0 Å². The molecule has 0 saturated carbocycles. The van der Waals surface area contributed by atoms with Gasteiger partial charge in [-0.3, -0.25) is 19.5 Å². The molecule has 0 aromatic rings. The van der Waals surface area contributed by atoms with Crippen LogP contribution in [0.2, 0.25) is 0 Å². The molecule has 102 valence electrons. The number of imide groups is 1. The van der Waals surface area contributed by atoms with E-state index in [-0.39, 0.29) is 17.4 Å². The third kappa shape index (κ3) is 4.73. The number of guanidine groups is 1. The number of hydrogen-bond donors (Lipinski definition) is 2. The second-order valence-electron chi connectivity index (χ2n) is 5.43. The molecule has 6 heteroatoms. The van der Waals surface area contributed by atoms with Gasteiger partial charge in [-0.1, -0.05) is 0 Å². The van der Waals surface area contributed by atoms with Crippen molar-refractivity contribution in [1.29, 1.82) is 0 Å². The summed E-state index contributed by atoms with van der Waals surface area (Å²) in [5, 5.41) is 3.02. The highest BCUT2D eigenvalue weighted by Gasteiger charge is 2.25. The molecular weight excluding hydrogens is 232 g/mol. The van der Waals surface area contributed by atoms with E-state index in [9.17, 15) is 9.59 Å². The SMILES string of the molecule is CC(C)(C)NC(N)=NCCN1C(=O)CCCC1=O. The molecule has 0 aliphatic carbocycles. The Kier molecular flexibility index (Phi) is 4.69. The standard InChI is InChI=1S/C12H22N4O2/c1-12(2,3)15-11(13)14-7-8-16-9(17)5-4-6-10(16)18/h4-8H2,1-3H3,(H3,13,14,15). The molecule has 6 nitrogen and oxygen atoms in total. The van der Waals surface area contributed by atoms with Crippen molar-refractivity contribution in [2.24, 2.45) is 10.7 Å². The largest absolute Gasteiger partial charge is 0.370 e. The van der Waals surface area contributed by atoms with Crippen LogP contribution in [0.4, 0.5) is 0 Å². The van der Waals surface area contributed by atoms with Crippen LogP contribution in [0.3, 0.4) is 0 Å². The fourth-order valence-electron chi connectivity index (χ4n) is 1.74. The lowest BCUT2D eigenvalue weighted by Gasteiger charge is -2.24. The predicted octanol–water partition coefficient (Wildman–Crippen LogP) is 0.228. The molecule has 2 amide bonds. The van der Waals surface area contributed by atoms with E-state index < -0.39 is 0 Å². The molecule has 3 N–H and O–H groups in total. The molecule has 0 bridgehead atoms. The van der Waals surface area contributed by atoms with E-state index in [0.717, 1.165) is 0 Å². The Bertz CT molecular complexity index is 342. The molecule has 1 aliphatic heterocycles. The Balaban J connectivity index is 2.42. The van der Waals surface area contributed by atoms with Gasteiger partial charge in [0.15, 0.2) is 5.96 Å². The van der Waals surface area contributed by atoms with Crippen molar-refractivity contribution in [3.05, 3.63) is 0 Å². The van der Waals surface area contributed by atoms with Crippen LogP contribution in [-0.2, 0) is 9.59 Å². The van der Waals surface area contributed by atoms with Crippen LogP contribution in [0.5, 0.6) is 0 Å². The summed E-state index contributed by atoms with van der Waals surface area (Å²) in [5.74, 6) is 0.118. The second kappa shape index (κ2) is 5.84. The van der Waals surface area contributed by atoms with Crippen LogP contribution < -0.4 is 11.1 Å². The number of aliphatic imine (C=N–C) groups is 1. The maximum Gasteiger partial charge on any atom is 0.229 e. The molecule has 1 heterocycles. The van der Waals surface area contributed by atoms with E-state index in [0.29, 0.717) is 38.3 Å². The average molecular weight is 254 g/mol. The Morgan fingerprint density at radius 3 is 2.39 bits per heavy atom. The summed E-state index contributed by atoms with van der Waals surface area (Å²) < 4.78 is 0. The normalized spacial score (nSPS) is 18.2. The highest BCUT2D eigenvalue weighted by Crippen LogP contribution is 2.11. The molecule has 18 heavy (non-hydrogen) atoms. The number of piperidine rings is 1. The fourth-order valence-corrected chi connectivity index (χ4v) is 1.74. The van der Waals surface area contributed by atoms with Crippen LogP contribution in [0.25, 0.3) is 0 Å². The Morgan fingerprint density at radius 1 is 1.33 bits per heavy atom. The summed E-state index contributed by atoms with van der Waals surface area (Å²) in [4.78, 5) is 28.4. The first-order valence-electron chi connectivity index (χ1n) is 6.21. The van der Waals surface area contributed by atoms with Gasteiger partial charge in [-0.15, -0.1) is 0 Å². The summed E-state index contributed by atoms with van der Waals surface area (Å²) >= 11 is 0. The van der Waals surface area contributed by atoms with Crippen molar-refractivity contribution in [3.63, 3.8) is 0 Å². The number of carbonyl (C=O) groups excluding carboxylic acids is 2. The average Bonchev–Trinajstić information content (AvgIpc) is 2.19. The van der Waals surface area contributed by atoms with Gasteiger partial charge in [0, 0.05) is 24.9 Å². The number of carbonyl (C=O) groups is 2. The monoisotopic (exact) mass is 254 g/mol. The van der Waals surface area contributed by atoms with E-state index in [1.165, 1.54) is 4.90 Å². The van der Waals surface area contributed by atoms with Gasteiger partial charge in [-0.05, 0) is 27.2 Å². The summed E-state index contributed by atoms with van der Waals surface area (Å²) in [6, 6.07) is 0. The van der Waals surface area contributed by atoms with Gasteiger partial charge in [-0.2, -0.15) is 0 Å². The van der Waals surface area contributed by atoms with Gasteiger partial charge < -0.3 is 11.1 Å². The molecule has 0 unspecified atom stereocenters. The zero-order chi connectivity index (χ0) is 13.8. The molecule has 0 spiro atoms. The maximum absolute atomic E-state index is 11.5. The van der Waals surface area contributed by atoms with Gasteiger partial charge in [-0.25, -0.2) is 0 Å². The zero-order valence-corrected chi connectivity index (χ0v) is 11.3. The summed E-state index contributed by atoms with van der Waals surface area (Å²) in [7, 11) is 0. The second-order valence-corrected chi connectivity index (χ2v) is 5.43. The van der Waals surface area contributed by atoms with Gasteiger partial charge in [0.05, 0.1) is 6.54 Å². The topological polar surface area (TPSA) is 87.8 Å². The molecule has 1 saturated heterocycles. The number of nitrogens with zero attached hydrogens (tertiary/aromatic N) is 2. The smallest absolute Gasteiger partial charge is 0.229 e. The van der Waals surface area contributed by atoms with Crippen LogP contribution in [0.15, 0.2) is 4.99 Å². The van der Waals surface area contributed by atoms with Gasteiger partial charge in [0.25, 0.3) is 0 Å². The predicted molar refractivity (Wildman–Crippen MR) is 69.9 cm³/mol. The fraction of sp³-hybridized carbons (Fsp3) is 0.750. The molecule has 1 aliphatic rings. The molecule has 1 fully saturated rings. The minimum absolute atomic E-state index is 0.108. The number of likely N-dealkylation sites (tertiary alicyclic amines) is 1. The Hall–Kier alpha value is -1.59. The van der Waals surface area contributed by atoms with Crippen molar-refractivity contribution in [2.75, 3.05) is 13.1 Å². The number of nitrogens with one attached hydrogen (secondary N) is 1. The first kappa shape index (κ1) is 14.5. The highest BCUT2D eigenvalue weighted by atomic mass is 16.2. The van der Waals surface area contributed by atoms with Gasteiger partial charge in [0.1, 0.15) is 0 Å². The van der Waals surface area contributed by atoms with Crippen molar-refractivity contribution >= 4 is 17.8 Å². The zero-order valence-electron chi connectivity index (χ0n) is 11.3. The third-order valence-corrected chi connectivity index (χ3v) is 2.49. The van der Waals surface area contributed by atoms with Crippen molar-refractivity contribution in [1.82, 2.24) is 10.2 Å². The number of amides is 2. The summed E-state index contributed by atoms with van der Waals surface area (Å²) in [5.41, 5.74) is 5.55. The quantitative estimate of drug-likeness (QED) is 0.429. The molecule has 0 radical (unpaired) electrons. The van der Waals surface area contributed by atoms with Crippen LogP contribution in [0.1, 0.15) is 40.0 Å². The number of hydrogen-bond acceptors (Lipinski definition) is 3. The van der Waals surface area contributed by atoms with Crippen LogP contribution >= 0.6 is 0 Å². The minimum Gasteiger partial charge on any atom is -0.370 e. The van der Waals surface area contributed by atoms with E-state index in [2.05, 4.69) is 10.3 Å². The molecule has 1 rings (SSSR count). The lowest BCUT2D eigenvalue weighted by molar-refractivity contribution is -0.147. The minimum atomic E-state index is -0.148. The van der Waals surface area contributed by atoms with Crippen molar-refractivity contribution < 1.29 is 9.59 Å². The third-order valence-electron chi connectivity index (χ3n) is 2.49. The lowest BCUT2D eigenvalue weighted by atomic mass is 10.1. The van der Waals surface area contributed by atoms with Crippen LogP contribution in [-0.4, -0.2) is 41.3 Å². The lowest BCUT2D eigenvalue weighted by Crippen LogP contribution is -2.46. The maximum atomic E-state index is 11.5. The van der Waals surface area contributed by atoms with E-state index in [1.807, 2.05) is 20.8 Å². The van der Waals surface area contributed by atoms with E-state index in [1.54, 1.807) is 0 Å². The van der Waals surface area contributed by atoms with Gasteiger partial charge in [0.2, 0.25) is 11.8 Å². The van der Waals surface area contributed by atoms with E-state index in [4.69, 9.17) is 5.73 Å². The molecule has 0 aromatic heterocycles. The Labute approximate surface area is 108 Å². The number of rotatable bonds is 3. The number of nitrogens with two attached hydrogens (primary N) is 1. The summed E-state index contributed by atoms with van der Waals surface area (Å²) in [6.07, 6.45) is 1.56. The molecular formula is C12H22N4O2. The Morgan fingerprint density at radius 2 is 1.89 bits per heavy atom. The summed E-state index contributed by atoms with van der Waals surface area (Å²) in [6.45, 7) is 6.59.